The molecule has 1 atom stereocenters. The summed E-state index contributed by atoms with van der Waals surface area (Å²) in [6.07, 6.45) is 5.11. The fourth-order valence-electron chi connectivity index (χ4n) is 1.94. The van der Waals surface area contributed by atoms with E-state index in [1.807, 2.05) is 30.5 Å². The standard InChI is InChI=1S/C15H15Cl2NO/c16-14-5-1-4-12(15(14)17)9-13(19)7-6-11-3-2-8-18-10-11/h1-5,8,10,13,19H,6-7,9H2. The summed E-state index contributed by atoms with van der Waals surface area (Å²) in [5, 5.41) is 11.1. The summed E-state index contributed by atoms with van der Waals surface area (Å²) >= 11 is 12.0. The maximum atomic E-state index is 10.1. The number of pyridine rings is 1. The van der Waals surface area contributed by atoms with Gasteiger partial charge in [-0.1, -0.05) is 41.4 Å². The smallest absolute Gasteiger partial charge is 0.0625 e. The maximum Gasteiger partial charge on any atom is 0.0625 e. The van der Waals surface area contributed by atoms with Crippen LogP contribution in [0.3, 0.4) is 0 Å². The van der Waals surface area contributed by atoms with Crippen LogP contribution in [0.2, 0.25) is 10.0 Å². The van der Waals surface area contributed by atoms with Gasteiger partial charge < -0.3 is 5.11 Å². The third-order valence-corrected chi connectivity index (χ3v) is 3.83. The molecule has 1 aromatic carbocycles. The van der Waals surface area contributed by atoms with Gasteiger partial charge in [0.2, 0.25) is 0 Å². The van der Waals surface area contributed by atoms with Gasteiger partial charge in [0.15, 0.2) is 0 Å². The van der Waals surface area contributed by atoms with Gasteiger partial charge in [-0.25, -0.2) is 0 Å². The first-order chi connectivity index (χ1) is 9.16. The summed E-state index contributed by atoms with van der Waals surface area (Å²) in [7, 11) is 0. The summed E-state index contributed by atoms with van der Waals surface area (Å²) < 4.78 is 0. The van der Waals surface area contributed by atoms with E-state index in [1.54, 1.807) is 12.3 Å². The Bertz CT molecular complexity index is 531. The van der Waals surface area contributed by atoms with E-state index in [4.69, 9.17) is 23.2 Å². The van der Waals surface area contributed by atoms with E-state index < -0.39 is 6.10 Å². The van der Waals surface area contributed by atoms with Crippen molar-refractivity contribution in [1.29, 1.82) is 0 Å². The van der Waals surface area contributed by atoms with Crippen LogP contribution in [0, 0.1) is 0 Å². The monoisotopic (exact) mass is 295 g/mol. The number of aliphatic hydroxyl groups excluding tert-OH is 1. The minimum Gasteiger partial charge on any atom is -0.393 e. The molecular formula is C15H15Cl2NO. The second-order valence-electron chi connectivity index (χ2n) is 4.47. The zero-order valence-electron chi connectivity index (χ0n) is 10.4. The number of nitrogens with zero attached hydrogens (tertiary/aromatic N) is 1. The Balaban J connectivity index is 1.91. The van der Waals surface area contributed by atoms with E-state index in [9.17, 15) is 5.11 Å². The van der Waals surface area contributed by atoms with Crippen molar-refractivity contribution in [1.82, 2.24) is 4.98 Å². The van der Waals surface area contributed by atoms with E-state index >= 15 is 0 Å². The minimum atomic E-state index is -0.434. The molecule has 0 aliphatic carbocycles. The summed E-state index contributed by atoms with van der Waals surface area (Å²) in [4.78, 5) is 4.05. The summed E-state index contributed by atoms with van der Waals surface area (Å²) in [6.45, 7) is 0. The zero-order valence-corrected chi connectivity index (χ0v) is 11.9. The molecule has 1 aromatic heterocycles. The van der Waals surface area contributed by atoms with Crippen LogP contribution in [0.25, 0.3) is 0 Å². The highest BCUT2D eigenvalue weighted by Gasteiger charge is 2.10. The van der Waals surface area contributed by atoms with Crippen LogP contribution in [-0.2, 0) is 12.8 Å². The number of benzene rings is 1. The molecule has 19 heavy (non-hydrogen) atoms. The largest absolute Gasteiger partial charge is 0.393 e. The molecule has 0 aliphatic rings. The number of halogens is 2. The summed E-state index contributed by atoms with van der Waals surface area (Å²) in [6, 6.07) is 9.38. The molecule has 0 amide bonds. The van der Waals surface area contributed by atoms with Gasteiger partial charge in [0, 0.05) is 12.4 Å². The molecule has 0 saturated heterocycles. The highest BCUT2D eigenvalue weighted by atomic mass is 35.5. The molecule has 0 radical (unpaired) electrons. The molecule has 2 aromatic rings. The zero-order chi connectivity index (χ0) is 13.7. The van der Waals surface area contributed by atoms with Crippen molar-refractivity contribution >= 4 is 23.2 Å². The fraction of sp³-hybridized carbons (Fsp3) is 0.267. The molecule has 0 spiro atoms. The number of hydrogen-bond donors (Lipinski definition) is 1. The molecule has 2 rings (SSSR count). The van der Waals surface area contributed by atoms with E-state index in [2.05, 4.69) is 4.98 Å². The molecule has 0 fully saturated rings. The fourth-order valence-corrected chi connectivity index (χ4v) is 2.34. The SMILES string of the molecule is OC(CCc1cccnc1)Cc1cccc(Cl)c1Cl. The highest BCUT2D eigenvalue weighted by Crippen LogP contribution is 2.26. The lowest BCUT2D eigenvalue weighted by molar-refractivity contribution is 0.165. The Morgan fingerprint density at radius 3 is 2.74 bits per heavy atom. The first-order valence-corrected chi connectivity index (χ1v) is 6.92. The van der Waals surface area contributed by atoms with Gasteiger partial charge in [0.1, 0.15) is 0 Å². The second kappa shape index (κ2) is 6.90. The van der Waals surface area contributed by atoms with Crippen LogP contribution in [0.15, 0.2) is 42.7 Å². The molecule has 4 heteroatoms. The first-order valence-electron chi connectivity index (χ1n) is 6.16. The number of hydrogen-bond acceptors (Lipinski definition) is 2. The number of aryl methyl sites for hydroxylation is 1. The molecule has 0 saturated carbocycles. The highest BCUT2D eigenvalue weighted by molar-refractivity contribution is 6.42. The quantitative estimate of drug-likeness (QED) is 0.907. The Morgan fingerprint density at radius 1 is 1.16 bits per heavy atom. The van der Waals surface area contributed by atoms with Crippen molar-refractivity contribution in [3.05, 3.63) is 63.9 Å². The average Bonchev–Trinajstić information content (AvgIpc) is 2.43. The second-order valence-corrected chi connectivity index (χ2v) is 5.26. The van der Waals surface area contributed by atoms with Crippen molar-refractivity contribution in [2.45, 2.75) is 25.4 Å². The van der Waals surface area contributed by atoms with E-state index in [0.29, 0.717) is 22.9 Å². The first kappa shape index (κ1) is 14.3. The molecule has 1 N–H and O–H groups in total. The third-order valence-electron chi connectivity index (χ3n) is 2.98. The summed E-state index contributed by atoms with van der Waals surface area (Å²) in [5.41, 5.74) is 2.01. The van der Waals surface area contributed by atoms with Gasteiger partial charge in [-0.05, 0) is 42.5 Å². The normalized spacial score (nSPS) is 12.4. The van der Waals surface area contributed by atoms with Gasteiger partial charge in [0.25, 0.3) is 0 Å². The molecule has 1 unspecified atom stereocenters. The molecule has 0 aliphatic heterocycles. The lowest BCUT2D eigenvalue weighted by atomic mass is 10.0. The van der Waals surface area contributed by atoms with E-state index in [0.717, 1.165) is 17.5 Å². The van der Waals surface area contributed by atoms with Crippen LogP contribution in [-0.4, -0.2) is 16.2 Å². The topological polar surface area (TPSA) is 33.1 Å². The molecule has 0 bridgehead atoms. The molecular weight excluding hydrogens is 281 g/mol. The van der Waals surface area contributed by atoms with E-state index in [1.165, 1.54) is 0 Å². The van der Waals surface area contributed by atoms with Crippen LogP contribution >= 0.6 is 23.2 Å². The predicted molar refractivity (Wildman–Crippen MR) is 78.7 cm³/mol. The van der Waals surface area contributed by atoms with Gasteiger partial charge in [0.05, 0.1) is 16.1 Å². The summed E-state index contributed by atoms with van der Waals surface area (Å²) in [5.74, 6) is 0. The Hall–Kier alpha value is -1.09. The number of aliphatic hydroxyl groups is 1. The van der Waals surface area contributed by atoms with Crippen molar-refractivity contribution < 1.29 is 5.11 Å². The lowest BCUT2D eigenvalue weighted by Gasteiger charge is -2.12. The van der Waals surface area contributed by atoms with Crippen LogP contribution < -0.4 is 0 Å². The van der Waals surface area contributed by atoms with Gasteiger partial charge in [-0.2, -0.15) is 0 Å². The van der Waals surface area contributed by atoms with Crippen LogP contribution in [0.4, 0.5) is 0 Å². The van der Waals surface area contributed by atoms with Gasteiger partial charge in [-0.15, -0.1) is 0 Å². The average molecular weight is 296 g/mol. The lowest BCUT2D eigenvalue weighted by Crippen LogP contribution is -2.12. The van der Waals surface area contributed by atoms with Crippen molar-refractivity contribution in [2.24, 2.45) is 0 Å². The van der Waals surface area contributed by atoms with Crippen molar-refractivity contribution in [3.8, 4) is 0 Å². The maximum absolute atomic E-state index is 10.1. The van der Waals surface area contributed by atoms with Crippen LogP contribution in [0.1, 0.15) is 17.5 Å². The van der Waals surface area contributed by atoms with Crippen LogP contribution in [0.5, 0.6) is 0 Å². The third kappa shape index (κ3) is 4.20. The predicted octanol–water partition coefficient (Wildman–Crippen LogP) is 3.92. The molecule has 2 nitrogen and oxygen atoms in total. The van der Waals surface area contributed by atoms with Gasteiger partial charge in [-0.3, -0.25) is 4.98 Å². The Labute approximate surface area is 123 Å². The Morgan fingerprint density at radius 2 is 2.00 bits per heavy atom. The van der Waals surface area contributed by atoms with Crippen molar-refractivity contribution in [2.75, 3.05) is 0 Å². The van der Waals surface area contributed by atoms with Gasteiger partial charge >= 0.3 is 0 Å². The van der Waals surface area contributed by atoms with E-state index in [-0.39, 0.29) is 0 Å². The Kier molecular flexibility index (Phi) is 5.20. The minimum absolute atomic E-state index is 0.434. The number of aromatic nitrogens is 1. The number of rotatable bonds is 5. The molecule has 100 valence electrons. The van der Waals surface area contributed by atoms with Crippen molar-refractivity contribution in [3.63, 3.8) is 0 Å². The molecule has 1 heterocycles.